The summed E-state index contributed by atoms with van der Waals surface area (Å²) >= 11 is 6.04. The molecular weight excluding hydrogens is 242 g/mol. The quantitative estimate of drug-likeness (QED) is 0.716. The van der Waals surface area contributed by atoms with Gasteiger partial charge in [0.2, 0.25) is 0 Å². The van der Waals surface area contributed by atoms with Crippen molar-refractivity contribution in [1.29, 1.82) is 0 Å². The zero-order chi connectivity index (χ0) is 12.8. The lowest BCUT2D eigenvalue weighted by molar-refractivity contribution is 0.170. The molecule has 96 valence electrons. The first-order valence-electron chi connectivity index (χ1n) is 5.40. The molecule has 0 aromatic heterocycles. The lowest BCUT2D eigenvalue weighted by atomic mass is 10.1. The van der Waals surface area contributed by atoms with Gasteiger partial charge in [-0.3, -0.25) is 0 Å². The largest absolute Gasteiger partial charge is 0.496 e. The van der Waals surface area contributed by atoms with E-state index >= 15 is 0 Å². The smallest absolute Gasteiger partial charge is 0.123 e. The molecule has 1 aromatic rings. The van der Waals surface area contributed by atoms with Crippen molar-refractivity contribution in [2.45, 2.75) is 19.5 Å². The van der Waals surface area contributed by atoms with E-state index < -0.39 is 0 Å². The Balaban J connectivity index is 2.79. The third kappa shape index (κ3) is 3.85. The molecule has 4 nitrogen and oxygen atoms in total. The van der Waals surface area contributed by atoms with E-state index in [2.05, 4.69) is 5.32 Å². The van der Waals surface area contributed by atoms with Crippen LogP contribution in [0, 0.1) is 6.92 Å². The number of methoxy groups -OCH3 is 1. The van der Waals surface area contributed by atoms with Gasteiger partial charge in [0.05, 0.1) is 26.4 Å². The van der Waals surface area contributed by atoms with E-state index in [0.717, 1.165) is 16.9 Å². The zero-order valence-corrected chi connectivity index (χ0v) is 10.8. The second kappa shape index (κ2) is 6.81. The predicted octanol–water partition coefficient (Wildman–Crippen LogP) is 1.10. The molecule has 0 unspecified atom stereocenters. The van der Waals surface area contributed by atoms with Crippen molar-refractivity contribution in [3.63, 3.8) is 0 Å². The van der Waals surface area contributed by atoms with E-state index in [1.54, 1.807) is 7.11 Å². The van der Waals surface area contributed by atoms with Gasteiger partial charge in [-0.15, -0.1) is 0 Å². The van der Waals surface area contributed by atoms with Gasteiger partial charge >= 0.3 is 0 Å². The van der Waals surface area contributed by atoms with Crippen LogP contribution >= 0.6 is 11.6 Å². The van der Waals surface area contributed by atoms with Crippen LogP contribution in [0.1, 0.15) is 11.1 Å². The third-order valence-electron chi connectivity index (χ3n) is 2.58. The fourth-order valence-electron chi connectivity index (χ4n) is 1.47. The molecule has 0 aliphatic heterocycles. The van der Waals surface area contributed by atoms with E-state index in [4.69, 9.17) is 26.6 Å². The Morgan fingerprint density at radius 3 is 2.53 bits per heavy atom. The van der Waals surface area contributed by atoms with Crippen LogP contribution in [0.3, 0.4) is 0 Å². The number of halogens is 1. The van der Waals surface area contributed by atoms with Crippen LogP contribution in [0.4, 0.5) is 0 Å². The fraction of sp³-hybridized carbons (Fsp3) is 0.500. The van der Waals surface area contributed by atoms with Gasteiger partial charge in [-0.25, -0.2) is 0 Å². The molecule has 0 atom stereocenters. The van der Waals surface area contributed by atoms with Crippen molar-refractivity contribution in [1.82, 2.24) is 5.32 Å². The van der Waals surface area contributed by atoms with Crippen LogP contribution in [-0.2, 0) is 6.54 Å². The van der Waals surface area contributed by atoms with Gasteiger partial charge in [-0.1, -0.05) is 11.6 Å². The minimum absolute atomic E-state index is 0.113. The predicted molar refractivity (Wildman–Crippen MR) is 67.5 cm³/mol. The maximum atomic E-state index is 8.95. The van der Waals surface area contributed by atoms with Crippen LogP contribution in [-0.4, -0.2) is 36.6 Å². The normalized spacial score (nSPS) is 10.9. The molecule has 0 saturated heterocycles. The number of hydrogen-bond acceptors (Lipinski definition) is 4. The second-order valence-electron chi connectivity index (χ2n) is 3.86. The van der Waals surface area contributed by atoms with Crippen molar-refractivity contribution in [3.05, 3.63) is 28.3 Å². The Labute approximate surface area is 106 Å². The Morgan fingerprint density at radius 1 is 1.35 bits per heavy atom. The average Bonchev–Trinajstić information content (AvgIpc) is 2.34. The highest BCUT2D eigenvalue weighted by molar-refractivity contribution is 6.31. The number of benzene rings is 1. The highest BCUT2D eigenvalue weighted by atomic mass is 35.5. The molecule has 0 aliphatic rings. The molecule has 1 rings (SSSR count). The van der Waals surface area contributed by atoms with E-state index in [-0.39, 0.29) is 19.3 Å². The van der Waals surface area contributed by atoms with Gasteiger partial charge in [0.25, 0.3) is 0 Å². The number of aliphatic hydroxyl groups excluding tert-OH is 2. The third-order valence-corrected chi connectivity index (χ3v) is 2.99. The van der Waals surface area contributed by atoms with Crippen LogP contribution in [0.2, 0.25) is 5.02 Å². The molecule has 0 amide bonds. The minimum Gasteiger partial charge on any atom is -0.496 e. The van der Waals surface area contributed by atoms with Gasteiger partial charge in [0.1, 0.15) is 5.75 Å². The van der Waals surface area contributed by atoms with Crippen molar-refractivity contribution < 1.29 is 14.9 Å². The monoisotopic (exact) mass is 259 g/mol. The van der Waals surface area contributed by atoms with Crippen LogP contribution in [0.15, 0.2) is 12.1 Å². The molecule has 0 radical (unpaired) electrons. The molecule has 0 fully saturated rings. The number of hydrogen-bond donors (Lipinski definition) is 3. The summed E-state index contributed by atoms with van der Waals surface area (Å²) in [6, 6.07) is 3.36. The van der Waals surface area contributed by atoms with Crippen LogP contribution < -0.4 is 10.1 Å². The molecule has 0 bridgehead atoms. The molecular formula is C12H18ClNO3. The summed E-state index contributed by atoms with van der Waals surface area (Å²) in [5.41, 5.74) is 1.85. The summed E-state index contributed by atoms with van der Waals surface area (Å²) in [4.78, 5) is 0. The average molecular weight is 260 g/mol. The maximum absolute atomic E-state index is 8.95. The van der Waals surface area contributed by atoms with Gasteiger partial charge in [0, 0.05) is 17.1 Å². The van der Waals surface area contributed by atoms with E-state index in [0.29, 0.717) is 11.6 Å². The number of nitrogens with one attached hydrogen (secondary N) is 1. The Kier molecular flexibility index (Phi) is 5.71. The van der Waals surface area contributed by atoms with Gasteiger partial charge < -0.3 is 20.3 Å². The SMILES string of the molecule is COc1cc(C)c(Cl)cc1CNC(CO)CO. The lowest BCUT2D eigenvalue weighted by Gasteiger charge is -2.16. The summed E-state index contributed by atoms with van der Waals surface area (Å²) in [6.45, 7) is 2.16. The molecule has 17 heavy (non-hydrogen) atoms. The summed E-state index contributed by atoms with van der Waals surface area (Å²) < 4.78 is 5.26. The molecule has 0 saturated carbocycles. The van der Waals surface area contributed by atoms with Crippen LogP contribution in [0.25, 0.3) is 0 Å². The Bertz CT molecular complexity index is 367. The van der Waals surface area contributed by atoms with Gasteiger partial charge in [0.15, 0.2) is 0 Å². The van der Waals surface area contributed by atoms with Crippen molar-refractivity contribution in [3.8, 4) is 5.75 Å². The highest BCUT2D eigenvalue weighted by Gasteiger charge is 2.09. The number of rotatable bonds is 6. The summed E-state index contributed by atoms with van der Waals surface area (Å²) in [7, 11) is 1.60. The fourth-order valence-corrected chi connectivity index (χ4v) is 1.65. The van der Waals surface area contributed by atoms with E-state index in [1.165, 1.54) is 0 Å². The first-order chi connectivity index (χ1) is 8.12. The number of aryl methyl sites for hydroxylation is 1. The Hall–Kier alpha value is -0.810. The maximum Gasteiger partial charge on any atom is 0.123 e. The summed E-state index contributed by atoms with van der Waals surface area (Å²) in [6.07, 6.45) is 0. The summed E-state index contributed by atoms with van der Waals surface area (Å²) in [5.74, 6) is 0.744. The van der Waals surface area contributed by atoms with Crippen molar-refractivity contribution in [2.75, 3.05) is 20.3 Å². The topological polar surface area (TPSA) is 61.7 Å². The second-order valence-corrected chi connectivity index (χ2v) is 4.26. The van der Waals surface area contributed by atoms with E-state index in [9.17, 15) is 0 Å². The van der Waals surface area contributed by atoms with Crippen molar-refractivity contribution >= 4 is 11.6 Å². The van der Waals surface area contributed by atoms with Crippen molar-refractivity contribution in [2.24, 2.45) is 0 Å². The van der Waals surface area contributed by atoms with Gasteiger partial charge in [-0.05, 0) is 24.6 Å². The lowest BCUT2D eigenvalue weighted by Crippen LogP contribution is -2.35. The zero-order valence-electron chi connectivity index (χ0n) is 10.0. The highest BCUT2D eigenvalue weighted by Crippen LogP contribution is 2.26. The molecule has 3 N–H and O–H groups in total. The molecule has 5 heteroatoms. The molecule has 0 aliphatic carbocycles. The number of aliphatic hydroxyl groups is 2. The number of ether oxygens (including phenoxy) is 1. The first kappa shape index (κ1) is 14.3. The summed E-state index contributed by atoms with van der Waals surface area (Å²) in [5, 5.41) is 21.6. The molecule has 0 heterocycles. The molecule has 0 spiro atoms. The minimum atomic E-state index is -0.334. The first-order valence-corrected chi connectivity index (χ1v) is 5.78. The van der Waals surface area contributed by atoms with Crippen LogP contribution in [0.5, 0.6) is 5.75 Å². The van der Waals surface area contributed by atoms with E-state index in [1.807, 2.05) is 19.1 Å². The Morgan fingerprint density at radius 2 is 2.00 bits per heavy atom. The standard InChI is InChI=1S/C12H18ClNO3/c1-8-3-12(17-2)9(4-11(8)13)5-14-10(6-15)7-16/h3-4,10,14-16H,5-7H2,1-2H3. The van der Waals surface area contributed by atoms with Gasteiger partial charge in [-0.2, -0.15) is 0 Å². The molecule has 1 aromatic carbocycles.